The first-order valence-corrected chi connectivity index (χ1v) is 5.50. The van der Waals surface area contributed by atoms with Crippen LogP contribution in [-0.4, -0.2) is 29.4 Å². The number of carbonyl (C=O) groups is 1. The van der Waals surface area contributed by atoms with Crippen molar-refractivity contribution in [2.45, 2.75) is 46.6 Å². The molecule has 1 heterocycles. The molecule has 0 aromatic rings. The third kappa shape index (κ3) is 2.94. The zero-order valence-corrected chi connectivity index (χ0v) is 10.1. The van der Waals surface area contributed by atoms with Crippen LogP contribution < -0.4 is 5.73 Å². The number of urea groups is 1. The minimum atomic E-state index is -0.177. The molecule has 0 aromatic carbocycles. The molecule has 0 aliphatic carbocycles. The molecule has 0 saturated carbocycles. The Labute approximate surface area is 91.5 Å². The van der Waals surface area contributed by atoms with Gasteiger partial charge in [0.05, 0.1) is 6.04 Å². The summed E-state index contributed by atoms with van der Waals surface area (Å²) in [5.41, 5.74) is 5.94. The summed E-state index contributed by atoms with van der Waals surface area (Å²) >= 11 is 0. The second-order valence-corrected chi connectivity index (χ2v) is 5.29. The number of aliphatic imine (C=N–C) groups is 1. The SMILES string of the molecule is CCCN1C(=O)N=C(N)C1CC(C)(C)C. The van der Waals surface area contributed by atoms with E-state index in [2.05, 4.69) is 32.7 Å². The molecular weight excluding hydrogens is 190 g/mol. The van der Waals surface area contributed by atoms with E-state index in [0.29, 0.717) is 5.84 Å². The fourth-order valence-corrected chi connectivity index (χ4v) is 1.83. The second kappa shape index (κ2) is 4.21. The molecule has 4 nitrogen and oxygen atoms in total. The van der Waals surface area contributed by atoms with E-state index in [1.54, 1.807) is 4.90 Å². The number of amides is 2. The van der Waals surface area contributed by atoms with Crippen LogP contribution in [0.15, 0.2) is 4.99 Å². The normalized spacial score (nSPS) is 22.1. The number of nitrogens with zero attached hydrogens (tertiary/aromatic N) is 2. The molecule has 1 aliphatic rings. The highest BCUT2D eigenvalue weighted by Crippen LogP contribution is 2.26. The summed E-state index contributed by atoms with van der Waals surface area (Å²) in [6.07, 6.45) is 1.81. The molecule has 0 saturated heterocycles. The van der Waals surface area contributed by atoms with Crippen molar-refractivity contribution < 1.29 is 4.79 Å². The van der Waals surface area contributed by atoms with E-state index >= 15 is 0 Å². The molecule has 0 aromatic heterocycles. The van der Waals surface area contributed by atoms with Crippen molar-refractivity contribution in [3.05, 3.63) is 0 Å². The molecule has 1 rings (SSSR count). The summed E-state index contributed by atoms with van der Waals surface area (Å²) in [6, 6.07) is -0.180. The van der Waals surface area contributed by atoms with E-state index in [4.69, 9.17) is 5.73 Å². The maximum absolute atomic E-state index is 11.5. The van der Waals surface area contributed by atoms with E-state index in [9.17, 15) is 4.79 Å². The number of nitrogens with two attached hydrogens (primary N) is 1. The molecule has 2 amide bonds. The minimum absolute atomic E-state index is 0.00236. The van der Waals surface area contributed by atoms with Crippen molar-refractivity contribution in [3.8, 4) is 0 Å². The Morgan fingerprint density at radius 2 is 2.07 bits per heavy atom. The van der Waals surface area contributed by atoms with Gasteiger partial charge >= 0.3 is 6.03 Å². The highest BCUT2D eigenvalue weighted by molar-refractivity contribution is 6.02. The lowest BCUT2D eigenvalue weighted by molar-refractivity contribution is 0.191. The summed E-state index contributed by atoms with van der Waals surface area (Å²) in [5.74, 6) is 0.475. The number of amidine groups is 1. The van der Waals surface area contributed by atoms with Crippen LogP contribution in [0.5, 0.6) is 0 Å². The molecule has 1 aliphatic heterocycles. The molecule has 1 atom stereocenters. The van der Waals surface area contributed by atoms with Gasteiger partial charge in [0.1, 0.15) is 5.84 Å². The number of carbonyl (C=O) groups excluding carboxylic acids is 1. The Kier molecular flexibility index (Phi) is 3.37. The minimum Gasteiger partial charge on any atom is -0.385 e. The third-order valence-corrected chi connectivity index (χ3v) is 2.46. The molecule has 86 valence electrons. The van der Waals surface area contributed by atoms with Crippen LogP contribution in [-0.2, 0) is 0 Å². The number of hydrogen-bond acceptors (Lipinski definition) is 2. The van der Waals surface area contributed by atoms with Crippen molar-refractivity contribution >= 4 is 11.9 Å². The van der Waals surface area contributed by atoms with Crippen molar-refractivity contribution in [2.75, 3.05) is 6.54 Å². The quantitative estimate of drug-likeness (QED) is 0.776. The summed E-state index contributed by atoms with van der Waals surface area (Å²) in [6.45, 7) is 9.23. The summed E-state index contributed by atoms with van der Waals surface area (Å²) in [5, 5.41) is 0. The van der Waals surface area contributed by atoms with E-state index < -0.39 is 0 Å². The first-order chi connectivity index (χ1) is 6.85. The van der Waals surface area contributed by atoms with Crippen LogP contribution in [0, 0.1) is 5.41 Å². The molecule has 0 radical (unpaired) electrons. The zero-order chi connectivity index (χ0) is 11.6. The van der Waals surface area contributed by atoms with Gasteiger partial charge in [-0.25, -0.2) is 4.79 Å². The van der Waals surface area contributed by atoms with Gasteiger partial charge in [0.25, 0.3) is 0 Å². The lowest BCUT2D eigenvalue weighted by Gasteiger charge is -2.29. The molecule has 0 spiro atoms. The first-order valence-electron chi connectivity index (χ1n) is 5.50. The van der Waals surface area contributed by atoms with Gasteiger partial charge in [-0.3, -0.25) is 0 Å². The van der Waals surface area contributed by atoms with Crippen LogP contribution in [0.3, 0.4) is 0 Å². The Morgan fingerprint density at radius 3 is 2.53 bits per heavy atom. The van der Waals surface area contributed by atoms with Gasteiger partial charge in [0.2, 0.25) is 0 Å². The van der Waals surface area contributed by atoms with E-state index in [-0.39, 0.29) is 17.5 Å². The van der Waals surface area contributed by atoms with Crippen LogP contribution in [0.4, 0.5) is 4.79 Å². The van der Waals surface area contributed by atoms with Gasteiger partial charge in [-0.15, -0.1) is 0 Å². The number of hydrogen-bond donors (Lipinski definition) is 1. The lowest BCUT2D eigenvalue weighted by atomic mass is 9.87. The van der Waals surface area contributed by atoms with Gasteiger partial charge in [0.15, 0.2) is 0 Å². The average molecular weight is 211 g/mol. The van der Waals surface area contributed by atoms with Crippen molar-refractivity contribution in [1.82, 2.24) is 4.90 Å². The standard InChI is InChI=1S/C11H21N3O/c1-5-6-14-8(7-11(2,3)4)9(12)13-10(14)15/h8H,5-7H2,1-4H3,(H2,12,13,15). The van der Waals surface area contributed by atoms with Gasteiger partial charge in [-0.05, 0) is 18.3 Å². The fourth-order valence-electron chi connectivity index (χ4n) is 1.83. The van der Waals surface area contributed by atoms with Crippen molar-refractivity contribution in [3.63, 3.8) is 0 Å². The first kappa shape index (κ1) is 12.0. The fraction of sp³-hybridized carbons (Fsp3) is 0.818. The Bertz CT molecular complexity index is 278. The molecule has 4 heteroatoms. The van der Waals surface area contributed by atoms with Gasteiger partial charge < -0.3 is 10.6 Å². The molecule has 2 N–H and O–H groups in total. The molecule has 1 unspecified atom stereocenters. The highest BCUT2D eigenvalue weighted by Gasteiger charge is 2.35. The van der Waals surface area contributed by atoms with Gasteiger partial charge in [0, 0.05) is 6.54 Å². The van der Waals surface area contributed by atoms with E-state index in [0.717, 1.165) is 19.4 Å². The Balaban J connectivity index is 2.75. The monoisotopic (exact) mass is 211 g/mol. The average Bonchev–Trinajstić information content (AvgIpc) is 2.30. The predicted molar refractivity (Wildman–Crippen MR) is 61.9 cm³/mol. The van der Waals surface area contributed by atoms with Crippen LogP contribution in [0.25, 0.3) is 0 Å². The third-order valence-electron chi connectivity index (χ3n) is 2.46. The van der Waals surface area contributed by atoms with Crippen LogP contribution in [0.1, 0.15) is 40.5 Å². The maximum atomic E-state index is 11.5. The number of rotatable bonds is 3. The predicted octanol–water partition coefficient (Wildman–Crippen LogP) is 1.99. The molecule has 15 heavy (non-hydrogen) atoms. The van der Waals surface area contributed by atoms with Gasteiger partial charge in [-0.2, -0.15) is 4.99 Å². The van der Waals surface area contributed by atoms with E-state index in [1.807, 2.05) is 0 Å². The maximum Gasteiger partial charge on any atom is 0.345 e. The van der Waals surface area contributed by atoms with Crippen molar-refractivity contribution in [2.24, 2.45) is 16.1 Å². The molecular formula is C11H21N3O. The van der Waals surface area contributed by atoms with Gasteiger partial charge in [-0.1, -0.05) is 27.7 Å². The molecule has 0 fully saturated rings. The summed E-state index contributed by atoms with van der Waals surface area (Å²) in [4.78, 5) is 17.1. The summed E-state index contributed by atoms with van der Waals surface area (Å²) < 4.78 is 0. The topological polar surface area (TPSA) is 58.7 Å². The van der Waals surface area contributed by atoms with Crippen LogP contribution >= 0.6 is 0 Å². The smallest absolute Gasteiger partial charge is 0.345 e. The van der Waals surface area contributed by atoms with Crippen molar-refractivity contribution in [1.29, 1.82) is 0 Å². The summed E-state index contributed by atoms with van der Waals surface area (Å²) in [7, 11) is 0. The molecule has 0 bridgehead atoms. The second-order valence-electron chi connectivity index (χ2n) is 5.29. The zero-order valence-electron chi connectivity index (χ0n) is 10.1. The Morgan fingerprint density at radius 1 is 1.47 bits per heavy atom. The lowest BCUT2D eigenvalue weighted by Crippen LogP contribution is -2.43. The largest absolute Gasteiger partial charge is 0.385 e. The van der Waals surface area contributed by atoms with Crippen LogP contribution in [0.2, 0.25) is 0 Å². The highest BCUT2D eigenvalue weighted by atomic mass is 16.2. The Hall–Kier alpha value is -1.06. The van der Waals surface area contributed by atoms with E-state index in [1.165, 1.54) is 0 Å².